The first-order valence-electron chi connectivity index (χ1n) is 7.80. The minimum atomic E-state index is -3.76. The molecule has 0 aliphatic heterocycles. The van der Waals surface area contributed by atoms with E-state index >= 15 is 0 Å². The Kier molecular flexibility index (Phi) is 4.69. The summed E-state index contributed by atoms with van der Waals surface area (Å²) in [6, 6.07) is 6.55. The van der Waals surface area contributed by atoms with Crippen molar-refractivity contribution < 1.29 is 13.2 Å². The summed E-state index contributed by atoms with van der Waals surface area (Å²) in [4.78, 5) is 4.23. The van der Waals surface area contributed by atoms with E-state index < -0.39 is 16.1 Å². The predicted octanol–water partition coefficient (Wildman–Crippen LogP) is 1.89. The van der Waals surface area contributed by atoms with Crippen LogP contribution in [0, 0.1) is 0 Å². The second kappa shape index (κ2) is 6.77. The van der Waals surface area contributed by atoms with Gasteiger partial charge in [0.15, 0.2) is 5.82 Å². The number of fused-ring (bicyclic) bond motifs is 1. The highest BCUT2D eigenvalue weighted by Crippen LogP contribution is 2.24. The van der Waals surface area contributed by atoms with Gasteiger partial charge in [0.1, 0.15) is 0 Å². The average Bonchev–Trinajstić information content (AvgIpc) is 3.04. The Morgan fingerprint density at radius 1 is 1.28 bits per heavy atom. The highest BCUT2D eigenvalue weighted by Gasteiger charge is 2.24. The second-order valence-corrected chi connectivity index (χ2v) is 7.17. The quantitative estimate of drug-likeness (QED) is 0.720. The number of nitrogens with one attached hydrogen (secondary N) is 1. The maximum Gasteiger partial charge on any atom is 0.316 e. The molecular formula is C16H19N5O3S. The maximum absolute atomic E-state index is 12.9. The van der Waals surface area contributed by atoms with Crippen LogP contribution in [0.2, 0.25) is 0 Å². The van der Waals surface area contributed by atoms with Crippen molar-refractivity contribution in [3.63, 3.8) is 0 Å². The van der Waals surface area contributed by atoms with Gasteiger partial charge < -0.3 is 4.74 Å². The van der Waals surface area contributed by atoms with Crippen LogP contribution >= 0.6 is 0 Å². The van der Waals surface area contributed by atoms with Crippen LogP contribution in [0.25, 0.3) is 10.8 Å². The van der Waals surface area contributed by atoms with Crippen LogP contribution in [0.15, 0.2) is 41.6 Å². The van der Waals surface area contributed by atoms with Gasteiger partial charge in [0.2, 0.25) is 10.0 Å². The molecule has 0 aliphatic carbocycles. The van der Waals surface area contributed by atoms with E-state index in [1.165, 1.54) is 7.11 Å². The maximum atomic E-state index is 12.9. The van der Waals surface area contributed by atoms with Crippen molar-refractivity contribution in [2.75, 3.05) is 7.11 Å². The Morgan fingerprint density at radius 2 is 2.08 bits per heavy atom. The zero-order valence-electron chi connectivity index (χ0n) is 14.2. The van der Waals surface area contributed by atoms with Crippen LogP contribution in [0.4, 0.5) is 0 Å². The van der Waals surface area contributed by atoms with Crippen molar-refractivity contribution in [1.29, 1.82) is 0 Å². The Bertz CT molecular complexity index is 995. The summed E-state index contributed by atoms with van der Waals surface area (Å²) in [5.41, 5.74) is 0. The van der Waals surface area contributed by atoms with Gasteiger partial charge in [-0.1, -0.05) is 17.2 Å². The number of sulfonamides is 1. The molecule has 1 atom stereocenters. The molecule has 0 saturated carbocycles. The van der Waals surface area contributed by atoms with Crippen molar-refractivity contribution >= 4 is 20.8 Å². The first-order chi connectivity index (χ1) is 12.0. The molecule has 25 heavy (non-hydrogen) atoms. The van der Waals surface area contributed by atoms with Crippen LogP contribution in [0.3, 0.4) is 0 Å². The van der Waals surface area contributed by atoms with Gasteiger partial charge in [0.25, 0.3) is 0 Å². The summed E-state index contributed by atoms with van der Waals surface area (Å²) in [6.45, 7) is 4.20. The van der Waals surface area contributed by atoms with Gasteiger partial charge >= 0.3 is 6.01 Å². The van der Waals surface area contributed by atoms with Gasteiger partial charge in [-0.2, -0.15) is 0 Å². The summed E-state index contributed by atoms with van der Waals surface area (Å²) >= 11 is 0. The van der Waals surface area contributed by atoms with E-state index in [9.17, 15) is 8.42 Å². The number of benzene rings is 1. The predicted molar refractivity (Wildman–Crippen MR) is 92.7 cm³/mol. The van der Waals surface area contributed by atoms with E-state index in [0.29, 0.717) is 23.8 Å². The monoisotopic (exact) mass is 361 g/mol. The highest BCUT2D eigenvalue weighted by molar-refractivity contribution is 7.89. The van der Waals surface area contributed by atoms with Gasteiger partial charge in [-0.15, -0.1) is 5.10 Å². The lowest BCUT2D eigenvalue weighted by Gasteiger charge is -2.16. The third kappa shape index (κ3) is 3.20. The van der Waals surface area contributed by atoms with Crippen LogP contribution in [0.5, 0.6) is 6.01 Å². The van der Waals surface area contributed by atoms with E-state index in [1.54, 1.807) is 42.1 Å². The minimum Gasteiger partial charge on any atom is -0.467 e. The highest BCUT2D eigenvalue weighted by atomic mass is 32.2. The Hall–Kier alpha value is -2.52. The average molecular weight is 361 g/mol. The normalized spacial score (nSPS) is 13.1. The Morgan fingerprint density at radius 3 is 2.80 bits per heavy atom. The van der Waals surface area contributed by atoms with Crippen molar-refractivity contribution in [3.8, 4) is 6.01 Å². The fraction of sp³-hybridized carbons (Fsp3) is 0.312. The third-order valence-corrected chi connectivity index (χ3v) is 5.49. The molecule has 1 aromatic carbocycles. The topological polar surface area (TPSA) is 99.0 Å². The molecule has 132 valence electrons. The van der Waals surface area contributed by atoms with E-state index in [4.69, 9.17) is 4.74 Å². The van der Waals surface area contributed by atoms with E-state index in [2.05, 4.69) is 19.9 Å². The van der Waals surface area contributed by atoms with Crippen molar-refractivity contribution in [1.82, 2.24) is 24.5 Å². The molecule has 0 unspecified atom stereocenters. The van der Waals surface area contributed by atoms with E-state index in [0.717, 1.165) is 5.39 Å². The molecule has 0 saturated heterocycles. The molecule has 1 N–H and O–H groups in total. The molecular weight excluding hydrogens is 342 g/mol. The van der Waals surface area contributed by atoms with E-state index in [1.807, 2.05) is 13.0 Å². The van der Waals surface area contributed by atoms with Gasteiger partial charge in [0.05, 0.1) is 18.0 Å². The molecule has 0 aliphatic rings. The summed E-state index contributed by atoms with van der Waals surface area (Å²) in [6.07, 6.45) is 3.21. The lowest BCUT2D eigenvalue weighted by molar-refractivity contribution is 0.354. The number of ether oxygens (including phenoxy) is 1. The Labute approximate surface area is 145 Å². The fourth-order valence-corrected chi connectivity index (χ4v) is 4.18. The largest absolute Gasteiger partial charge is 0.467 e. The zero-order valence-corrected chi connectivity index (χ0v) is 15.0. The third-order valence-electron chi connectivity index (χ3n) is 3.89. The van der Waals surface area contributed by atoms with Gasteiger partial charge in [-0.25, -0.2) is 13.1 Å². The summed E-state index contributed by atoms with van der Waals surface area (Å²) in [5.74, 6) is 0.491. The minimum absolute atomic E-state index is 0.203. The van der Waals surface area contributed by atoms with Gasteiger partial charge in [0, 0.05) is 29.7 Å². The zero-order chi connectivity index (χ0) is 18.0. The van der Waals surface area contributed by atoms with Crippen molar-refractivity contribution in [2.45, 2.75) is 31.3 Å². The summed E-state index contributed by atoms with van der Waals surface area (Å²) in [7, 11) is -2.26. The molecule has 0 radical (unpaired) electrons. The smallest absolute Gasteiger partial charge is 0.316 e. The van der Waals surface area contributed by atoms with Crippen LogP contribution in [0.1, 0.15) is 25.7 Å². The number of pyridine rings is 1. The lowest BCUT2D eigenvalue weighted by atomic mass is 10.2. The molecule has 0 bridgehead atoms. The number of nitrogens with zero attached hydrogens (tertiary/aromatic N) is 4. The number of aromatic nitrogens is 4. The Balaban J connectivity index is 1.97. The summed E-state index contributed by atoms with van der Waals surface area (Å²) in [5, 5.41) is 9.35. The van der Waals surface area contributed by atoms with Gasteiger partial charge in [-0.3, -0.25) is 9.55 Å². The molecule has 3 rings (SSSR count). The SMILES string of the molecule is CCn1c(OC)nnc1[C@@H](C)NS(=O)(=O)c1cccc2cnccc12. The van der Waals surface area contributed by atoms with Crippen LogP contribution < -0.4 is 9.46 Å². The number of rotatable bonds is 6. The number of hydrogen-bond acceptors (Lipinski definition) is 6. The number of methoxy groups -OCH3 is 1. The first kappa shape index (κ1) is 17.3. The first-order valence-corrected chi connectivity index (χ1v) is 9.28. The summed E-state index contributed by atoms with van der Waals surface area (Å²) < 4.78 is 35.3. The molecule has 0 amide bonds. The molecule has 9 heteroatoms. The molecule has 2 aromatic heterocycles. The molecule has 8 nitrogen and oxygen atoms in total. The lowest BCUT2D eigenvalue weighted by Crippen LogP contribution is -2.29. The van der Waals surface area contributed by atoms with E-state index in [-0.39, 0.29) is 4.90 Å². The van der Waals surface area contributed by atoms with Gasteiger partial charge in [-0.05, 0) is 26.0 Å². The standard InChI is InChI=1S/C16H19N5O3S/c1-4-21-15(18-19-16(21)24-3)11(2)20-25(22,23)14-7-5-6-12-10-17-9-8-13(12)14/h5-11,20H,4H2,1-3H3/t11-/m1/s1. The van der Waals surface area contributed by atoms with Crippen molar-refractivity contribution in [2.24, 2.45) is 0 Å². The number of hydrogen-bond donors (Lipinski definition) is 1. The van der Waals surface area contributed by atoms with Crippen LogP contribution in [-0.4, -0.2) is 35.3 Å². The van der Waals surface area contributed by atoms with Crippen molar-refractivity contribution in [3.05, 3.63) is 42.5 Å². The molecule has 3 aromatic rings. The molecule has 0 fully saturated rings. The second-order valence-electron chi connectivity index (χ2n) is 5.49. The molecule has 2 heterocycles. The molecule has 0 spiro atoms. The fourth-order valence-electron chi connectivity index (χ4n) is 2.74. The van der Waals surface area contributed by atoms with Crippen LogP contribution in [-0.2, 0) is 16.6 Å².